The SMILES string of the molecule is CCCCCC[Si](OCC)(O[Si](C)(C)C)O[Si](C)(C)C. The van der Waals surface area contributed by atoms with Crippen LogP contribution in [0.15, 0.2) is 0 Å². The van der Waals surface area contributed by atoms with E-state index in [9.17, 15) is 0 Å². The molecular weight excluding hydrogens is 300 g/mol. The fourth-order valence-electron chi connectivity index (χ4n) is 2.18. The van der Waals surface area contributed by atoms with E-state index in [1.807, 2.05) is 0 Å². The van der Waals surface area contributed by atoms with Crippen LogP contribution in [-0.4, -0.2) is 32.0 Å². The van der Waals surface area contributed by atoms with Gasteiger partial charge in [0.25, 0.3) is 0 Å². The number of rotatable bonds is 11. The largest absolute Gasteiger partial charge is 0.479 e. The van der Waals surface area contributed by atoms with Crippen molar-refractivity contribution in [3.8, 4) is 0 Å². The van der Waals surface area contributed by atoms with E-state index in [1.165, 1.54) is 19.3 Å². The van der Waals surface area contributed by atoms with E-state index in [-0.39, 0.29) is 0 Å². The Balaban J connectivity index is 4.91. The molecule has 0 N–H and O–H groups in total. The van der Waals surface area contributed by atoms with Gasteiger partial charge in [-0.05, 0) is 52.6 Å². The zero-order valence-corrected chi connectivity index (χ0v) is 18.0. The molecule has 0 aromatic heterocycles. The Morgan fingerprint density at radius 1 is 0.700 bits per heavy atom. The highest BCUT2D eigenvalue weighted by Crippen LogP contribution is 2.27. The monoisotopic (exact) mass is 336 g/mol. The number of hydrogen-bond acceptors (Lipinski definition) is 3. The van der Waals surface area contributed by atoms with Gasteiger partial charge in [-0.3, -0.25) is 0 Å². The maximum Gasteiger partial charge on any atom is 0.479 e. The van der Waals surface area contributed by atoms with Crippen LogP contribution in [-0.2, 0) is 12.7 Å². The van der Waals surface area contributed by atoms with Gasteiger partial charge in [-0.15, -0.1) is 0 Å². The summed E-state index contributed by atoms with van der Waals surface area (Å²) in [5.41, 5.74) is 0. The molecule has 0 amide bonds. The summed E-state index contributed by atoms with van der Waals surface area (Å²) in [7, 11) is -5.82. The summed E-state index contributed by atoms with van der Waals surface area (Å²) < 4.78 is 19.1. The van der Waals surface area contributed by atoms with Crippen molar-refractivity contribution >= 4 is 25.4 Å². The van der Waals surface area contributed by atoms with E-state index in [0.717, 1.165) is 12.5 Å². The van der Waals surface area contributed by atoms with E-state index < -0.39 is 25.4 Å². The minimum atomic E-state index is -2.49. The van der Waals surface area contributed by atoms with Crippen LogP contribution in [0.1, 0.15) is 39.5 Å². The summed E-state index contributed by atoms with van der Waals surface area (Å²) in [5, 5.41) is 0. The van der Waals surface area contributed by atoms with Gasteiger partial charge in [0.15, 0.2) is 16.6 Å². The average molecular weight is 337 g/mol. The topological polar surface area (TPSA) is 27.7 Å². The third kappa shape index (κ3) is 10.3. The molecule has 0 bridgehead atoms. The molecule has 20 heavy (non-hydrogen) atoms. The second-order valence-corrected chi connectivity index (χ2v) is 19.6. The molecule has 3 nitrogen and oxygen atoms in total. The highest BCUT2D eigenvalue weighted by molar-refractivity contribution is 6.85. The van der Waals surface area contributed by atoms with E-state index >= 15 is 0 Å². The molecular formula is C14H36O3Si3. The maximum absolute atomic E-state index is 6.49. The minimum absolute atomic E-state index is 0.689. The molecule has 6 heteroatoms. The van der Waals surface area contributed by atoms with Crippen molar-refractivity contribution in [2.45, 2.75) is 84.9 Å². The molecule has 0 unspecified atom stereocenters. The lowest BCUT2D eigenvalue weighted by atomic mass is 10.2. The molecule has 122 valence electrons. The lowest BCUT2D eigenvalue weighted by Crippen LogP contribution is -2.56. The van der Waals surface area contributed by atoms with Gasteiger partial charge in [-0.25, -0.2) is 0 Å². The molecule has 0 aliphatic heterocycles. The Labute approximate surface area is 130 Å². The number of unbranched alkanes of at least 4 members (excludes halogenated alkanes) is 3. The standard InChI is InChI=1S/C14H36O3Si3/c1-9-11-12-13-14-20(15-10-2,16-18(3,4)5)17-19(6,7)8/h9-14H2,1-8H3. The van der Waals surface area contributed by atoms with Crippen molar-refractivity contribution in [2.75, 3.05) is 6.61 Å². The normalized spacial score (nSPS) is 13.8. The lowest BCUT2D eigenvalue weighted by Gasteiger charge is -2.39. The first-order valence-corrected chi connectivity index (χ1v) is 16.8. The van der Waals surface area contributed by atoms with E-state index in [1.54, 1.807) is 0 Å². The van der Waals surface area contributed by atoms with E-state index in [0.29, 0.717) is 6.61 Å². The van der Waals surface area contributed by atoms with Gasteiger partial charge in [-0.1, -0.05) is 26.2 Å². The van der Waals surface area contributed by atoms with Crippen LogP contribution in [0.25, 0.3) is 0 Å². The third-order valence-corrected chi connectivity index (χ3v) is 11.7. The van der Waals surface area contributed by atoms with Crippen molar-refractivity contribution in [2.24, 2.45) is 0 Å². The Morgan fingerprint density at radius 3 is 1.55 bits per heavy atom. The summed E-state index contributed by atoms with van der Waals surface area (Å²) in [5.74, 6) is 0. The molecule has 0 saturated carbocycles. The van der Waals surface area contributed by atoms with Crippen molar-refractivity contribution in [3.05, 3.63) is 0 Å². The first kappa shape index (κ1) is 20.5. The number of hydrogen-bond donors (Lipinski definition) is 0. The Hall–Kier alpha value is 0.531. The van der Waals surface area contributed by atoms with Crippen LogP contribution < -0.4 is 0 Å². The molecule has 0 aromatic carbocycles. The van der Waals surface area contributed by atoms with Gasteiger partial charge in [0.1, 0.15) is 0 Å². The van der Waals surface area contributed by atoms with Crippen molar-refractivity contribution in [3.63, 3.8) is 0 Å². The van der Waals surface area contributed by atoms with Gasteiger partial charge in [0.05, 0.1) is 0 Å². The second kappa shape index (κ2) is 8.85. The van der Waals surface area contributed by atoms with Crippen molar-refractivity contribution in [1.82, 2.24) is 0 Å². The summed E-state index contributed by atoms with van der Waals surface area (Å²) in [6.45, 7) is 18.4. The molecule has 0 rings (SSSR count). The summed E-state index contributed by atoms with van der Waals surface area (Å²) in [6.07, 6.45) is 4.96. The van der Waals surface area contributed by atoms with Gasteiger partial charge in [0, 0.05) is 12.7 Å². The summed E-state index contributed by atoms with van der Waals surface area (Å²) in [6, 6.07) is 0.982. The van der Waals surface area contributed by atoms with Crippen LogP contribution in [0.2, 0.25) is 45.3 Å². The zero-order chi connectivity index (χ0) is 15.9. The fraction of sp³-hybridized carbons (Fsp3) is 1.00. The predicted octanol–water partition coefficient (Wildman–Crippen LogP) is 5.25. The molecule has 0 heterocycles. The molecule has 0 fully saturated rings. The summed E-state index contributed by atoms with van der Waals surface area (Å²) >= 11 is 0. The molecule has 0 aliphatic carbocycles. The van der Waals surface area contributed by atoms with Crippen molar-refractivity contribution in [1.29, 1.82) is 0 Å². The van der Waals surface area contributed by atoms with Crippen LogP contribution >= 0.6 is 0 Å². The van der Waals surface area contributed by atoms with Crippen LogP contribution in [0.3, 0.4) is 0 Å². The molecule has 0 atom stereocenters. The van der Waals surface area contributed by atoms with E-state index in [4.69, 9.17) is 12.7 Å². The molecule has 0 aromatic rings. The van der Waals surface area contributed by atoms with Gasteiger partial charge in [-0.2, -0.15) is 0 Å². The quantitative estimate of drug-likeness (QED) is 0.381. The lowest BCUT2D eigenvalue weighted by molar-refractivity contribution is 0.167. The van der Waals surface area contributed by atoms with Crippen LogP contribution in [0.4, 0.5) is 0 Å². The second-order valence-electron chi connectivity index (χ2n) is 7.36. The Bertz CT molecular complexity index is 243. The average Bonchev–Trinajstić information content (AvgIpc) is 2.20. The fourth-order valence-corrected chi connectivity index (χ4v) is 12.7. The Kier molecular flexibility index (Phi) is 9.08. The molecule has 0 aliphatic rings. The predicted molar refractivity (Wildman–Crippen MR) is 95.2 cm³/mol. The molecule has 0 radical (unpaired) electrons. The minimum Gasteiger partial charge on any atom is -0.416 e. The third-order valence-electron chi connectivity index (χ3n) is 2.62. The Morgan fingerprint density at radius 2 is 1.20 bits per heavy atom. The van der Waals surface area contributed by atoms with Crippen molar-refractivity contribution < 1.29 is 12.7 Å². The molecule has 0 spiro atoms. The zero-order valence-electron chi connectivity index (χ0n) is 15.0. The highest BCUT2D eigenvalue weighted by Gasteiger charge is 2.46. The first-order chi connectivity index (χ1) is 9.04. The first-order valence-electron chi connectivity index (χ1n) is 8.08. The van der Waals surface area contributed by atoms with E-state index in [2.05, 4.69) is 53.1 Å². The van der Waals surface area contributed by atoms with Gasteiger partial charge < -0.3 is 12.7 Å². The summed E-state index contributed by atoms with van der Waals surface area (Å²) in [4.78, 5) is 0. The maximum atomic E-state index is 6.49. The van der Waals surface area contributed by atoms with Crippen LogP contribution in [0, 0.1) is 0 Å². The van der Waals surface area contributed by atoms with Gasteiger partial charge >= 0.3 is 8.80 Å². The van der Waals surface area contributed by atoms with Gasteiger partial charge in [0.2, 0.25) is 0 Å². The smallest absolute Gasteiger partial charge is 0.416 e. The van der Waals surface area contributed by atoms with Crippen LogP contribution in [0.5, 0.6) is 0 Å². The highest BCUT2D eigenvalue weighted by atomic mass is 28.5. The molecule has 0 saturated heterocycles.